The summed E-state index contributed by atoms with van der Waals surface area (Å²) in [6.45, 7) is 8.06. The summed E-state index contributed by atoms with van der Waals surface area (Å²) in [6, 6.07) is 13.8. The van der Waals surface area contributed by atoms with Crippen molar-refractivity contribution in [3.63, 3.8) is 0 Å². The summed E-state index contributed by atoms with van der Waals surface area (Å²) in [4.78, 5) is 12.6. The Morgan fingerprint density at radius 1 is 1.13 bits per heavy atom. The highest BCUT2D eigenvalue weighted by Gasteiger charge is 2.20. The molecule has 0 radical (unpaired) electrons. The molecule has 1 N–H and O–H groups in total. The number of hydrogen-bond acceptors (Lipinski definition) is 2. The Morgan fingerprint density at radius 2 is 1.87 bits per heavy atom. The van der Waals surface area contributed by atoms with E-state index in [1.54, 1.807) is 0 Å². The first-order valence-corrected chi connectivity index (χ1v) is 8.17. The standard InChI is InChI=1S/C20H25NO2/c1-5-16-11-8-10-15(4)19(16)21-20(22)18(6-2)23-17-12-7-9-14(3)13-17/h7-13,18H,5-6H2,1-4H3,(H,21,22). The summed E-state index contributed by atoms with van der Waals surface area (Å²) in [6.07, 6.45) is 1.00. The number of amides is 1. The van der Waals surface area contributed by atoms with Gasteiger partial charge in [-0.1, -0.05) is 44.2 Å². The van der Waals surface area contributed by atoms with Gasteiger partial charge in [0.2, 0.25) is 0 Å². The van der Waals surface area contributed by atoms with Gasteiger partial charge in [-0.2, -0.15) is 0 Å². The quantitative estimate of drug-likeness (QED) is 0.842. The molecular formula is C20H25NO2. The molecule has 122 valence electrons. The maximum Gasteiger partial charge on any atom is 0.265 e. The van der Waals surface area contributed by atoms with Gasteiger partial charge in [0.05, 0.1) is 0 Å². The van der Waals surface area contributed by atoms with E-state index in [2.05, 4.69) is 12.2 Å². The normalized spacial score (nSPS) is 11.8. The summed E-state index contributed by atoms with van der Waals surface area (Å²) in [5.74, 6) is 0.630. The maximum absolute atomic E-state index is 12.6. The monoisotopic (exact) mass is 311 g/mol. The molecule has 0 aliphatic carbocycles. The summed E-state index contributed by atoms with van der Waals surface area (Å²) in [5.41, 5.74) is 4.24. The van der Waals surface area contributed by atoms with Gasteiger partial charge in [-0.15, -0.1) is 0 Å². The average molecular weight is 311 g/mol. The minimum atomic E-state index is -0.499. The zero-order chi connectivity index (χ0) is 16.8. The summed E-state index contributed by atoms with van der Waals surface area (Å²) in [7, 11) is 0. The van der Waals surface area contributed by atoms with Crippen molar-refractivity contribution in [2.45, 2.75) is 46.6 Å². The third-order valence-electron chi connectivity index (χ3n) is 3.92. The largest absolute Gasteiger partial charge is 0.481 e. The van der Waals surface area contributed by atoms with Crippen LogP contribution in [0.2, 0.25) is 0 Å². The molecule has 0 saturated heterocycles. The Balaban J connectivity index is 2.15. The van der Waals surface area contributed by atoms with E-state index in [1.165, 1.54) is 0 Å². The zero-order valence-corrected chi connectivity index (χ0v) is 14.3. The van der Waals surface area contributed by atoms with E-state index >= 15 is 0 Å². The van der Waals surface area contributed by atoms with Crippen molar-refractivity contribution in [3.05, 3.63) is 59.2 Å². The van der Waals surface area contributed by atoms with E-state index in [4.69, 9.17) is 4.74 Å². The van der Waals surface area contributed by atoms with Crippen molar-refractivity contribution >= 4 is 11.6 Å². The highest BCUT2D eigenvalue weighted by Crippen LogP contribution is 2.22. The molecule has 0 aliphatic heterocycles. The third kappa shape index (κ3) is 4.35. The van der Waals surface area contributed by atoms with Crippen molar-refractivity contribution in [2.24, 2.45) is 0 Å². The number of hydrogen-bond donors (Lipinski definition) is 1. The molecule has 0 fully saturated rings. The van der Waals surface area contributed by atoms with Crippen LogP contribution in [0.3, 0.4) is 0 Å². The molecule has 0 bridgehead atoms. The van der Waals surface area contributed by atoms with Gasteiger partial charge in [-0.05, 0) is 55.5 Å². The summed E-state index contributed by atoms with van der Waals surface area (Å²) >= 11 is 0. The number of ether oxygens (including phenoxy) is 1. The zero-order valence-electron chi connectivity index (χ0n) is 14.3. The topological polar surface area (TPSA) is 38.3 Å². The van der Waals surface area contributed by atoms with Crippen LogP contribution in [0.5, 0.6) is 5.75 Å². The molecule has 0 saturated carbocycles. The van der Waals surface area contributed by atoms with Crippen molar-refractivity contribution in [1.29, 1.82) is 0 Å². The molecule has 2 aromatic rings. The van der Waals surface area contributed by atoms with E-state index in [0.717, 1.165) is 34.5 Å². The van der Waals surface area contributed by atoms with Crippen LogP contribution in [-0.2, 0) is 11.2 Å². The van der Waals surface area contributed by atoms with Gasteiger partial charge in [0, 0.05) is 5.69 Å². The number of nitrogens with one attached hydrogen (secondary N) is 1. The van der Waals surface area contributed by atoms with Crippen molar-refractivity contribution in [3.8, 4) is 5.75 Å². The fraction of sp³-hybridized carbons (Fsp3) is 0.350. The second kappa shape index (κ2) is 7.82. The number of rotatable bonds is 6. The maximum atomic E-state index is 12.6. The van der Waals surface area contributed by atoms with Gasteiger partial charge >= 0.3 is 0 Å². The second-order valence-electron chi connectivity index (χ2n) is 5.78. The SMILES string of the molecule is CCc1cccc(C)c1NC(=O)C(CC)Oc1cccc(C)c1. The molecule has 0 spiro atoms. The van der Waals surface area contributed by atoms with Gasteiger partial charge in [0.25, 0.3) is 5.91 Å². The average Bonchev–Trinajstić information content (AvgIpc) is 2.54. The van der Waals surface area contributed by atoms with Crippen LogP contribution in [0, 0.1) is 13.8 Å². The lowest BCUT2D eigenvalue weighted by Crippen LogP contribution is -2.33. The van der Waals surface area contributed by atoms with E-state index < -0.39 is 6.10 Å². The lowest BCUT2D eigenvalue weighted by molar-refractivity contribution is -0.122. The molecule has 1 unspecified atom stereocenters. The molecule has 23 heavy (non-hydrogen) atoms. The highest BCUT2D eigenvalue weighted by atomic mass is 16.5. The Morgan fingerprint density at radius 3 is 2.52 bits per heavy atom. The Kier molecular flexibility index (Phi) is 5.80. The molecule has 3 heteroatoms. The van der Waals surface area contributed by atoms with Crippen molar-refractivity contribution in [1.82, 2.24) is 0 Å². The van der Waals surface area contributed by atoms with Gasteiger partial charge in [0.15, 0.2) is 6.10 Å². The fourth-order valence-corrected chi connectivity index (χ4v) is 2.58. The number of para-hydroxylation sites is 1. The van der Waals surface area contributed by atoms with E-state index in [-0.39, 0.29) is 5.91 Å². The van der Waals surface area contributed by atoms with Crippen LogP contribution in [0.25, 0.3) is 0 Å². The fourth-order valence-electron chi connectivity index (χ4n) is 2.58. The molecule has 0 aromatic heterocycles. The summed E-state index contributed by atoms with van der Waals surface area (Å²) < 4.78 is 5.88. The molecule has 3 nitrogen and oxygen atoms in total. The highest BCUT2D eigenvalue weighted by molar-refractivity contribution is 5.95. The molecule has 2 aromatic carbocycles. The van der Waals surface area contributed by atoms with Crippen LogP contribution < -0.4 is 10.1 Å². The van der Waals surface area contributed by atoms with Crippen LogP contribution >= 0.6 is 0 Å². The number of benzene rings is 2. The van der Waals surface area contributed by atoms with Gasteiger partial charge in [-0.3, -0.25) is 4.79 Å². The Hall–Kier alpha value is -2.29. The predicted octanol–water partition coefficient (Wildman–Crippen LogP) is 4.66. The summed E-state index contributed by atoms with van der Waals surface area (Å²) in [5, 5.41) is 3.05. The lowest BCUT2D eigenvalue weighted by Gasteiger charge is -2.19. The first kappa shape index (κ1) is 17.1. The van der Waals surface area contributed by atoms with E-state index in [9.17, 15) is 4.79 Å². The van der Waals surface area contributed by atoms with Gasteiger partial charge < -0.3 is 10.1 Å². The van der Waals surface area contributed by atoms with Crippen LogP contribution in [0.4, 0.5) is 5.69 Å². The first-order chi connectivity index (χ1) is 11.0. The molecule has 0 aliphatic rings. The van der Waals surface area contributed by atoms with Gasteiger partial charge in [0.1, 0.15) is 5.75 Å². The van der Waals surface area contributed by atoms with E-state index in [1.807, 2.05) is 63.2 Å². The Labute approximate surface area is 138 Å². The lowest BCUT2D eigenvalue weighted by atomic mass is 10.1. The minimum absolute atomic E-state index is 0.0991. The van der Waals surface area contributed by atoms with E-state index in [0.29, 0.717) is 6.42 Å². The Bertz CT molecular complexity index is 679. The number of aryl methyl sites for hydroxylation is 3. The third-order valence-corrected chi connectivity index (χ3v) is 3.92. The molecular weight excluding hydrogens is 286 g/mol. The predicted molar refractivity (Wildman–Crippen MR) is 95.1 cm³/mol. The number of carbonyl (C=O) groups is 1. The number of carbonyl (C=O) groups excluding carboxylic acids is 1. The van der Waals surface area contributed by atoms with Crippen molar-refractivity contribution in [2.75, 3.05) is 5.32 Å². The minimum Gasteiger partial charge on any atom is -0.481 e. The van der Waals surface area contributed by atoms with Crippen molar-refractivity contribution < 1.29 is 9.53 Å². The molecule has 1 atom stereocenters. The van der Waals surface area contributed by atoms with Gasteiger partial charge in [-0.25, -0.2) is 0 Å². The number of anilines is 1. The smallest absolute Gasteiger partial charge is 0.265 e. The van der Waals surface area contributed by atoms with Crippen LogP contribution in [-0.4, -0.2) is 12.0 Å². The molecule has 2 rings (SSSR count). The van der Waals surface area contributed by atoms with Crippen LogP contribution in [0.1, 0.15) is 37.0 Å². The second-order valence-corrected chi connectivity index (χ2v) is 5.78. The van der Waals surface area contributed by atoms with Crippen LogP contribution in [0.15, 0.2) is 42.5 Å². The molecule has 0 heterocycles. The molecule has 1 amide bonds. The first-order valence-electron chi connectivity index (χ1n) is 8.17.